The fraction of sp³-hybridized carbons (Fsp3) is 0.308. The van der Waals surface area contributed by atoms with Gasteiger partial charge in [-0.3, -0.25) is 4.79 Å². The molecule has 0 bridgehead atoms. The van der Waals surface area contributed by atoms with Crippen LogP contribution >= 0.6 is 27.5 Å². The number of benzene rings is 2. The standard InChI is InChI=1S/C26H28BrClFN5O4/c1-26(2,3)38-25(36)30-10-5-11-37-22-14-20-17(13-21(22)34-23(35)6-4-9-27)24(32-15-31-20)33-16-7-8-19(29)18(28)12-16/h4,6-8,12-15H,5,9-11H2,1-3H3,(H,30,36)(H,34,35)(H,31,32,33). The number of allylic oxidation sites excluding steroid dienone is 1. The van der Waals surface area contributed by atoms with Gasteiger partial charge in [-0.1, -0.05) is 33.6 Å². The molecule has 2 amide bonds. The Hall–Kier alpha value is -3.44. The summed E-state index contributed by atoms with van der Waals surface area (Å²) in [6.45, 7) is 5.97. The summed E-state index contributed by atoms with van der Waals surface area (Å²) in [6.07, 6.45) is 4.42. The SMILES string of the molecule is CC(C)(C)OC(=O)NCCCOc1cc2ncnc(Nc3ccc(F)c(Cl)c3)c2cc1NC(=O)C=CCBr. The van der Waals surface area contributed by atoms with E-state index in [1.165, 1.54) is 30.6 Å². The molecule has 9 nitrogen and oxygen atoms in total. The van der Waals surface area contributed by atoms with Gasteiger partial charge in [0, 0.05) is 35.1 Å². The third-order valence-electron chi connectivity index (χ3n) is 4.78. The number of rotatable bonds is 10. The number of alkyl carbamates (subject to hydrolysis) is 1. The summed E-state index contributed by atoms with van der Waals surface area (Å²) < 4.78 is 24.7. The third-order valence-corrected chi connectivity index (χ3v) is 5.45. The number of aromatic nitrogens is 2. The summed E-state index contributed by atoms with van der Waals surface area (Å²) in [5.41, 5.74) is 0.893. The quantitative estimate of drug-likeness (QED) is 0.140. The van der Waals surface area contributed by atoms with Crippen molar-refractivity contribution in [3.05, 3.63) is 59.7 Å². The lowest BCUT2D eigenvalue weighted by Crippen LogP contribution is -2.33. The van der Waals surface area contributed by atoms with Crippen molar-refractivity contribution in [1.82, 2.24) is 15.3 Å². The van der Waals surface area contributed by atoms with Crippen LogP contribution in [-0.4, -0.2) is 46.1 Å². The number of hydrogen-bond donors (Lipinski definition) is 3. The maximum absolute atomic E-state index is 13.6. The van der Waals surface area contributed by atoms with Gasteiger partial charge < -0.3 is 25.4 Å². The van der Waals surface area contributed by atoms with Gasteiger partial charge in [-0.2, -0.15) is 0 Å². The van der Waals surface area contributed by atoms with E-state index in [2.05, 4.69) is 41.8 Å². The first-order valence-corrected chi connectivity index (χ1v) is 13.2. The molecule has 0 unspecified atom stereocenters. The topological polar surface area (TPSA) is 114 Å². The zero-order chi connectivity index (χ0) is 27.7. The van der Waals surface area contributed by atoms with Gasteiger partial charge in [0.2, 0.25) is 5.91 Å². The van der Waals surface area contributed by atoms with Crippen molar-refractivity contribution in [2.45, 2.75) is 32.8 Å². The Bertz CT molecular complexity index is 1330. The number of carbonyl (C=O) groups is 2. The lowest BCUT2D eigenvalue weighted by Gasteiger charge is -2.19. The molecule has 3 rings (SSSR count). The van der Waals surface area contributed by atoms with Gasteiger partial charge in [0.05, 0.1) is 22.8 Å². The zero-order valence-electron chi connectivity index (χ0n) is 21.1. The van der Waals surface area contributed by atoms with Crippen molar-refractivity contribution in [2.24, 2.45) is 0 Å². The normalized spacial score (nSPS) is 11.4. The van der Waals surface area contributed by atoms with E-state index in [9.17, 15) is 14.0 Å². The molecule has 0 spiro atoms. The Morgan fingerprint density at radius 3 is 2.68 bits per heavy atom. The van der Waals surface area contributed by atoms with Gasteiger partial charge in [0.25, 0.3) is 0 Å². The molecule has 1 heterocycles. The van der Waals surface area contributed by atoms with Gasteiger partial charge in [0.15, 0.2) is 0 Å². The Morgan fingerprint density at radius 1 is 1.18 bits per heavy atom. The van der Waals surface area contributed by atoms with Crippen LogP contribution in [-0.2, 0) is 9.53 Å². The largest absolute Gasteiger partial charge is 0.491 e. The van der Waals surface area contributed by atoms with Crippen LogP contribution < -0.4 is 20.7 Å². The van der Waals surface area contributed by atoms with Crippen LogP contribution in [0.1, 0.15) is 27.2 Å². The highest BCUT2D eigenvalue weighted by atomic mass is 79.9. The minimum atomic E-state index is -0.583. The Labute approximate surface area is 233 Å². The molecule has 0 saturated carbocycles. The van der Waals surface area contributed by atoms with E-state index in [-0.39, 0.29) is 17.5 Å². The van der Waals surface area contributed by atoms with Crippen LogP contribution in [0.4, 0.5) is 26.4 Å². The number of alkyl halides is 1. The fourth-order valence-electron chi connectivity index (χ4n) is 3.20. The Balaban J connectivity index is 1.81. The van der Waals surface area contributed by atoms with Gasteiger partial charge >= 0.3 is 6.09 Å². The number of halogens is 3. The predicted molar refractivity (Wildman–Crippen MR) is 150 cm³/mol. The summed E-state index contributed by atoms with van der Waals surface area (Å²) in [5, 5.41) is 9.68. The first kappa shape index (κ1) is 29.1. The third kappa shape index (κ3) is 8.84. The van der Waals surface area contributed by atoms with E-state index in [1.54, 1.807) is 39.0 Å². The van der Waals surface area contributed by atoms with Crippen LogP contribution in [0.5, 0.6) is 5.75 Å². The maximum atomic E-state index is 13.6. The van der Waals surface area contributed by atoms with E-state index < -0.39 is 17.5 Å². The molecule has 2 aromatic carbocycles. The van der Waals surface area contributed by atoms with Crippen molar-refractivity contribution in [1.29, 1.82) is 0 Å². The zero-order valence-corrected chi connectivity index (χ0v) is 23.5. The molecule has 38 heavy (non-hydrogen) atoms. The highest BCUT2D eigenvalue weighted by Crippen LogP contribution is 2.34. The number of nitrogens with zero attached hydrogens (tertiary/aromatic N) is 2. The first-order chi connectivity index (χ1) is 18.1. The van der Waals surface area contributed by atoms with Crippen molar-refractivity contribution < 1.29 is 23.5 Å². The summed E-state index contributed by atoms with van der Waals surface area (Å²) in [4.78, 5) is 32.9. The molecule has 3 N–H and O–H groups in total. The highest BCUT2D eigenvalue weighted by Gasteiger charge is 2.16. The number of ether oxygens (including phenoxy) is 2. The fourth-order valence-corrected chi connectivity index (χ4v) is 3.56. The number of carbonyl (C=O) groups excluding carboxylic acids is 2. The Morgan fingerprint density at radius 2 is 1.97 bits per heavy atom. The second-order valence-electron chi connectivity index (χ2n) is 9.02. The van der Waals surface area contributed by atoms with Crippen LogP contribution in [0.2, 0.25) is 5.02 Å². The van der Waals surface area contributed by atoms with Gasteiger partial charge in [-0.15, -0.1) is 0 Å². The lowest BCUT2D eigenvalue weighted by atomic mass is 10.1. The van der Waals surface area contributed by atoms with Gasteiger partial charge in [-0.05, 0) is 51.5 Å². The molecule has 0 saturated heterocycles. The molecular formula is C26H28BrClFN5O4. The second kappa shape index (κ2) is 13.4. The molecule has 0 fully saturated rings. The summed E-state index contributed by atoms with van der Waals surface area (Å²) in [5.74, 6) is -0.0616. The van der Waals surface area contributed by atoms with Crippen molar-refractivity contribution >= 4 is 67.6 Å². The molecule has 0 aliphatic carbocycles. The van der Waals surface area contributed by atoms with Gasteiger partial charge in [0.1, 0.15) is 29.3 Å². The van der Waals surface area contributed by atoms with E-state index in [4.69, 9.17) is 21.1 Å². The van der Waals surface area contributed by atoms with E-state index in [0.717, 1.165) is 0 Å². The predicted octanol–water partition coefficient (Wildman–Crippen LogP) is 6.35. The number of hydrogen-bond acceptors (Lipinski definition) is 7. The molecule has 202 valence electrons. The maximum Gasteiger partial charge on any atom is 0.407 e. The molecule has 0 radical (unpaired) electrons. The van der Waals surface area contributed by atoms with Crippen LogP contribution in [0.3, 0.4) is 0 Å². The van der Waals surface area contributed by atoms with Crippen molar-refractivity contribution in [2.75, 3.05) is 29.1 Å². The average Bonchev–Trinajstić information content (AvgIpc) is 2.84. The molecular weight excluding hydrogens is 581 g/mol. The van der Waals surface area contributed by atoms with Crippen LogP contribution in [0.15, 0.2) is 48.8 Å². The molecule has 0 aliphatic rings. The monoisotopic (exact) mass is 607 g/mol. The highest BCUT2D eigenvalue weighted by molar-refractivity contribution is 9.09. The smallest absolute Gasteiger partial charge is 0.407 e. The molecule has 0 aliphatic heterocycles. The number of fused-ring (bicyclic) bond motifs is 1. The molecule has 3 aromatic rings. The lowest BCUT2D eigenvalue weighted by molar-refractivity contribution is -0.111. The number of anilines is 3. The van der Waals surface area contributed by atoms with Crippen LogP contribution in [0, 0.1) is 5.82 Å². The van der Waals surface area contributed by atoms with Crippen molar-refractivity contribution in [3.63, 3.8) is 0 Å². The molecule has 0 atom stereocenters. The second-order valence-corrected chi connectivity index (χ2v) is 10.1. The van der Waals surface area contributed by atoms with Gasteiger partial charge in [-0.25, -0.2) is 19.2 Å². The van der Waals surface area contributed by atoms with Crippen LogP contribution in [0.25, 0.3) is 10.9 Å². The van der Waals surface area contributed by atoms with E-state index in [1.807, 2.05) is 0 Å². The van der Waals surface area contributed by atoms with E-state index in [0.29, 0.717) is 52.1 Å². The summed E-state index contributed by atoms with van der Waals surface area (Å²) >= 11 is 9.16. The summed E-state index contributed by atoms with van der Waals surface area (Å²) in [6, 6.07) is 7.61. The first-order valence-electron chi connectivity index (χ1n) is 11.7. The minimum absolute atomic E-state index is 0.0308. The number of amides is 2. The average molecular weight is 609 g/mol. The molecule has 12 heteroatoms. The minimum Gasteiger partial charge on any atom is -0.491 e. The summed E-state index contributed by atoms with van der Waals surface area (Å²) in [7, 11) is 0. The van der Waals surface area contributed by atoms with E-state index >= 15 is 0 Å². The molecule has 1 aromatic heterocycles. The Kier molecular flexibility index (Phi) is 10.3. The van der Waals surface area contributed by atoms with Crippen molar-refractivity contribution in [3.8, 4) is 5.75 Å². The number of nitrogens with one attached hydrogen (secondary N) is 3.